The van der Waals surface area contributed by atoms with E-state index in [-0.39, 0.29) is 5.41 Å². The first-order chi connectivity index (χ1) is 9.26. The summed E-state index contributed by atoms with van der Waals surface area (Å²) in [6, 6.07) is 1.90. The average molecular weight is 390 g/mol. The summed E-state index contributed by atoms with van der Waals surface area (Å²) in [6.07, 6.45) is 3.35. The quantitative estimate of drug-likeness (QED) is 0.806. The van der Waals surface area contributed by atoms with Crippen LogP contribution in [-0.2, 0) is 0 Å². The van der Waals surface area contributed by atoms with Crippen LogP contribution in [0.2, 0.25) is 0 Å². The summed E-state index contributed by atoms with van der Waals surface area (Å²) in [5.41, 5.74) is -0.654. The number of carbonyl (C=O) groups is 1. The third-order valence-corrected chi connectivity index (χ3v) is 4.64. The molecule has 1 aliphatic rings. The monoisotopic (exact) mass is 390 g/mol. The zero-order valence-electron chi connectivity index (χ0n) is 11.9. The fourth-order valence-corrected chi connectivity index (χ4v) is 3.06. The van der Waals surface area contributed by atoms with Crippen molar-refractivity contribution < 1.29 is 14.6 Å². The molecule has 110 valence electrons. The predicted octanol–water partition coefficient (Wildman–Crippen LogP) is 3.23. The van der Waals surface area contributed by atoms with Gasteiger partial charge in [-0.2, -0.15) is 0 Å². The van der Waals surface area contributed by atoms with Crippen molar-refractivity contribution in [2.75, 3.05) is 13.2 Å². The van der Waals surface area contributed by atoms with Crippen LogP contribution >= 0.6 is 22.6 Å². The summed E-state index contributed by atoms with van der Waals surface area (Å²) in [5.74, 6) is 0.678. The van der Waals surface area contributed by atoms with Gasteiger partial charge in [0.2, 0.25) is 0 Å². The second kappa shape index (κ2) is 5.38. The van der Waals surface area contributed by atoms with E-state index in [1.54, 1.807) is 12.4 Å². The van der Waals surface area contributed by atoms with Crippen molar-refractivity contribution in [2.24, 2.45) is 5.41 Å². The molecule has 0 spiro atoms. The molecule has 1 N–H and O–H groups in total. The Labute approximate surface area is 132 Å². The van der Waals surface area contributed by atoms with E-state index in [1.165, 1.54) is 4.90 Å². The first-order valence-corrected chi connectivity index (χ1v) is 7.58. The van der Waals surface area contributed by atoms with Crippen LogP contribution in [0.5, 0.6) is 5.75 Å². The topological polar surface area (TPSA) is 62.7 Å². The van der Waals surface area contributed by atoms with Crippen LogP contribution in [0.4, 0.5) is 4.79 Å². The first-order valence-electron chi connectivity index (χ1n) is 6.50. The maximum atomic E-state index is 11.4. The molecule has 1 fully saturated rings. The Bertz CT molecular complexity index is 515. The van der Waals surface area contributed by atoms with Gasteiger partial charge < -0.3 is 9.84 Å². The molecule has 2 rings (SSSR count). The maximum Gasteiger partial charge on any atom is 0.407 e. The van der Waals surface area contributed by atoms with E-state index >= 15 is 0 Å². The van der Waals surface area contributed by atoms with Crippen LogP contribution in [0.1, 0.15) is 27.2 Å². The molecule has 20 heavy (non-hydrogen) atoms. The molecule has 2 heterocycles. The maximum absolute atomic E-state index is 11.4. The highest BCUT2D eigenvalue weighted by Gasteiger charge is 2.55. The van der Waals surface area contributed by atoms with Crippen LogP contribution < -0.4 is 4.74 Å². The molecule has 1 aromatic rings. The molecule has 0 radical (unpaired) electrons. The van der Waals surface area contributed by atoms with Crippen LogP contribution in [-0.4, -0.2) is 39.8 Å². The van der Waals surface area contributed by atoms with E-state index < -0.39 is 11.6 Å². The highest BCUT2D eigenvalue weighted by molar-refractivity contribution is 14.1. The van der Waals surface area contributed by atoms with Crippen molar-refractivity contribution in [3.8, 4) is 5.75 Å². The fourth-order valence-electron chi connectivity index (χ4n) is 2.59. The second-order valence-electron chi connectivity index (χ2n) is 6.09. The van der Waals surface area contributed by atoms with E-state index in [2.05, 4.69) is 48.3 Å². The zero-order valence-corrected chi connectivity index (χ0v) is 14.0. The first kappa shape index (κ1) is 15.3. The minimum Gasteiger partial charge on any atom is -0.489 e. The second-order valence-corrected chi connectivity index (χ2v) is 7.34. The Morgan fingerprint density at radius 1 is 1.55 bits per heavy atom. The van der Waals surface area contributed by atoms with E-state index in [1.807, 2.05) is 6.07 Å². The molecule has 0 aromatic carbocycles. The third-order valence-electron chi connectivity index (χ3n) is 4.05. The average Bonchev–Trinajstić information content (AvgIpc) is 2.25. The minimum absolute atomic E-state index is 0.182. The smallest absolute Gasteiger partial charge is 0.407 e. The molecule has 0 unspecified atom stereocenters. The SMILES string of the molecule is CC(C)(C)[C@]1(COc2cncc(I)c2)CCN1C(=O)O. The molecule has 0 aliphatic carbocycles. The highest BCUT2D eigenvalue weighted by atomic mass is 127. The molecule has 1 aromatic heterocycles. The van der Waals surface area contributed by atoms with Crippen molar-refractivity contribution in [1.29, 1.82) is 0 Å². The number of amides is 1. The Morgan fingerprint density at radius 3 is 2.70 bits per heavy atom. The predicted molar refractivity (Wildman–Crippen MR) is 84.0 cm³/mol. The lowest BCUT2D eigenvalue weighted by Crippen LogP contribution is -2.70. The van der Waals surface area contributed by atoms with Gasteiger partial charge >= 0.3 is 6.09 Å². The van der Waals surface area contributed by atoms with Gasteiger partial charge in [0.05, 0.1) is 11.7 Å². The largest absolute Gasteiger partial charge is 0.489 e. The number of carboxylic acid groups (broad SMARTS) is 1. The van der Waals surface area contributed by atoms with E-state index in [0.29, 0.717) is 18.9 Å². The number of rotatable bonds is 3. The Morgan fingerprint density at radius 2 is 2.25 bits per heavy atom. The summed E-state index contributed by atoms with van der Waals surface area (Å²) in [4.78, 5) is 16.9. The molecule has 1 saturated heterocycles. The lowest BCUT2D eigenvalue weighted by Gasteiger charge is -2.57. The number of pyridine rings is 1. The van der Waals surface area contributed by atoms with E-state index in [0.717, 1.165) is 9.99 Å². The number of hydrogen-bond donors (Lipinski definition) is 1. The molecule has 6 heteroatoms. The summed E-state index contributed by atoms with van der Waals surface area (Å²) in [6.45, 7) is 7.08. The van der Waals surface area contributed by atoms with E-state index in [4.69, 9.17) is 4.74 Å². The Kier molecular flexibility index (Phi) is 4.13. The fraction of sp³-hybridized carbons (Fsp3) is 0.571. The van der Waals surface area contributed by atoms with Gasteiger partial charge in [0, 0.05) is 16.3 Å². The lowest BCUT2D eigenvalue weighted by molar-refractivity contribution is -0.0962. The van der Waals surface area contributed by atoms with Crippen LogP contribution in [0, 0.1) is 8.99 Å². The molecular weight excluding hydrogens is 371 g/mol. The minimum atomic E-state index is -0.879. The van der Waals surface area contributed by atoms with Crippen molar-refractivity contribution >= 4 is 28.7 Å². The summed E-state index contributed by atoms with van der Waals surface area (Å²) >= 11 is 2.17. The van der Waals surface area contributed by atoms with Crippen molar-refractivity contribution in [1.82, 2.24) is 9.88 Å². The molecule has 1 amide bonds. The van der Waals surface area contributed by atoms with Gasteiger partial charge in [-0.1, -0.05) is 20.8 Å². The van der Waals surface area contributed by atoms with E-state index in [9.17, 15) is 9.90 Å². The highest BCUT2D eigenvalue weighted by Crippen LogP contribution is 2.45. The van der Waals surface area contributed by atoms with Gasteiger partial charge in [-0.3, -0.25) is 9.88 Å². The molecule has 5 nitrogen and oxygen atoms in total. The normalized spacial score (nSPS) is 22.3. The third kappa shape index (κ3) is 2.70. The number of ether oxygens (including phenoxy) is 1. The molecule has 1 aliphatic heterocycles. The van der Waals surface area contributed by atoms with Gasteiger partial charge in [-0.05, 0) is 40.5 Å². The van der Waals surface area contributed by atoms with Crippen LogP contribution in [0.25, 0.3) is 0 Å². The Hall–Kier alpha value is -1.05. The molecule has 0 bridgehead atoms. The number of halogens is 1. The van der Waals surface area contributed by atoms with Gasteiger partial charge in [-0.15, -0.1) is 0 Å². The van der Waals surface area contributed by atoms with Gasteiger partial charge in [0.1, 0.15) is 12.4 Å². The standard InChI is InChI=1S/C14H19IN2O3/c1-13(2,3)14(4-5-17(14)12(18)19)9-20-11-6-10(15)7-16-8-11/h6-8H,4-5,9H2,1-3H3,(H,18,19)/t14-/m1/s1. The van der Waals surface area contributed by atoms with Crippen LogP contribution in [0.15, 0.2) is 18.5 Å². The number of nitrogens with zero attached hydrogens (tertiary/aromatic N) is 2. The van der Waals surface area contributed by atoms with Gasteiger partial charge in [0.15, 0.2) is 0 Å². The number of aromatic nitrogens is 1. The summed E-state index contributed by atoms with van der Waals surface area (Å²) in [5, 5.41) is 9.33. The van der Waals surface area contributed by atoms with Gasteiger partial charge in [-0.25, -0.2) is 4.79 Å². The summed E-state index contributed by atoms with van der Waals surface area (Å²) in [7, 11) is 0. The molecule has 0 saturated carbocycles. The lowest BCUT2D eigenvalue weighted by atomic mass is 9.66. The van der Waals surface area contributed by atoms with Crippen molar-refractivity contribution in [3.05, 3.63) is 22.0 Å². The molecular formula is C14H19IN2O3. The zero-order chi connectivity index (χ0) is 15.0. The van der Waals surface area contributed by atoms with Crippen LogP contribution in [0.3, 0.4) is 0 Å². The van der Waals surface area contributed by atoms with Crippen molar-refractivity contribution in [3.63, 3.8) is 0 Å². The number of hydrogen-bond acceptors (Lipinski definition) is 3. The van der Waals surface area contributed by atoms with Crippen molar-refractivity contribution in [2.45, 2.75) is 32.7 Å². The summed E-state index contributed by atoms with van der Waals surface area (Å²) < 4.78 is 6.82. The van der Waals surface area contributed by atoms with Gasteiger partial charge in [0.25, 0.3) is 0 Å². The number of likely N-dealkylation sites (tertiary alicyclic amines) is 1. The Balaban J connectivity index is 2.16. The molecule has 1 atom stereocenters.